The summed E-state index contributed by atoms with van der Waals surface area (Å²) in [7, 11) is 0. The van der Waals surface area contributed by atoms with Crippen LogP contribution in [0.15, 0.2) is 0 Å². The predicted molar refractivity (Wildman–Crippen MR) is 57.8 cm³/mol. The van der Waals surface area contributed by atoms with Crippen LogP contribution in [0.25, 0.3) is 0 Å². The zero-order valence-corrected chi connectivity index (χ0v) is 9.62. The van der Waals surface area contributed by atoms with E-state index < -0.39 is 18.0 Å². The van der Waals surface area contributed by atoms with Gasteiger partial charge in [-0.3, -0.25) is 0 Å². The molecule has 0 aromatic carbocycles. The Morgan fingerprint density at radius 2 is 1.94 bits per heavy atom. The second-order valence-electron chi connectivity index (χ2n) is 2.87. The third-order valence-electron chi connectivity index (χ3n) is 1.43. The summed E-state index contributed by atoms with van der Waals surface area (Å²) in [6, 6.07) is 0. The smallest absolute Gasteiger partial charge is 0.431 e. The number of hydrogen-bond donors (Lipinski definition) is 0. The van der Waals surface area contributed by atoms with E-state index in [2.05, 4.69) is 28.6 Å². The van der Waals surface area contributed by atoms with Crippen LogP contribution in [0.2, 0.25) is 0 Å². The van der Waals surface area contributed by atoms with E-state index in [-0.39, 0.29) is 0 Å². The van der Waals surface area contributed by atoms with Gasteiger partial charge in [0.1, 0.15) is 12.2 Å². The molecule has 0 heterocycles. The molecule has 0 spiro atoms. The molecule has 1 atom stereocenters. The van der Waals surface area contributed by atoms with Gasteiger partial charge in [-0.1, -0.05) is 18.8 Å². The Bertz CT molecular complexity index is 362. The van der Waals surface area contributed by atoms with Crippen molar-refractivity contribution < 1.29 is 19.1 Å². The Morgan fingerprint density at radius 3 is 2.50 bits per heavy atom. The molecular formula is C12H14O4. The summed E-state index contributed by atoms with van der Waals surface area (Å²) in [6.07, 6.45) is 2.60. The average Bonchev–Trinajstić information content (AvgIpc) is 2.26. The quantitative estimate of drug-likeness (QED) is 0.401. The molecule has 0 aromatic heterocycles. The third-order valence-corrected chi connectivity index (χ3v) is 1.43. The highest BCUT2D eigenvalue weighted by Gasteiger charge is 2.19. The Kier molecular flexibility index (Phi) is 7.36. The molecule has 0 amide bonds. The first-order chi connectivity index (χ1) is 7.61. The summed E-state index contributed by atoms with van der Waals surface area (Å²) >= 11 is 0. The highest BCUT2D eigenvalue weighted by atomic mass is 16.6. The summed E-state index contributed by atoms with van der Waals surface area (Å²) in [5.41, 5.74) is 0. The van der Waals surface area contributed by atoms with Crippen molar-refractivity contribution in [3.05, 3.63) is 0 Å². The fourth-order valence-electron chi connectivity index (χ4n) is 0.715. The van der Waals surface area contributed by atoms with E-state index in [1.807, 2.05) is 0 Å². The van der Waals surface area contributed by atoms with Crippen LogP contribution in [0.1, 0.15) is 33.6 Å². The summed E-state index contributed by atoms with van der Waals surface area (Å²) in [5.74, 6) is 5.75. The number of hydrogen-bond acceptors (Lipinski definition) is 4. The van der Waals surface area contributed by atoms with Crippen LogP contribution in [0.3, 0.4) is 0 Å². The fraction of sp³-hybridized carbons (Fsp3) is 0.500. The van der Waals surface area contributed by atoms with E-state index in [0.717, 1.165) is 0 Å². The molecule has 0 aliphatic rings. The number of esters is 2. The van der Waals surface area contributed by atoms with Crippen molar-refractivity contribution in [1.82, 2.24) is 0 Å². The lowest BCUT2D eigenvalue weighted by Crippen LogP contribution is -2.23. The monoisotopic (exact) mass is 222 g/mol. The van der Waals surface area contributed by atoms with E-state index in [1.54, 1.807) is 20.8 Å². The van der Waals surface area contributed by atoms with E-state index in [1.165, 1.54) is 0 Å². The lowest BCUT2D eigenvalue weighted by molar-refractivity contribution is -0.166. The lowest BCUT2D eigenvalue weighted by Gasteiger charge is -2.07. The molecular weight excluding hydrogens is 208 g/mol. The van der Waals surface area contributed by atoms with Gasteiger partial charge in [0.25, 0.3) is 0 Å². The number of rotatable bonds is 2. The molecule has 0 aromatic rings. The Morgan fingerprint density at radius 1 is 1.25 bits per heavy atom. The SMILES string of the molecule is CC#CCC(C)OC(=O)C(=O)OC#CCC. The third kappa shape index (κ3) is 6.50. The van der Waals surface area contributed by atoms with Crippen LogP contribution in [0, 0.1) is 23.9 Å². The minimum atomic E-state index is -1.10. The van der Waals surface area contributed by atoms with E-state index >= 15 is 0 Å². The average molecular weight is 222 g/mol. The molecule has 0 saturated carbocycles. The summed E-state index contributed by atoms with van der Waals surface area (Å²) < 4.78 is 9.10. The first-order valence-electron chi connectivity index (χ1n) is 4.91. The molecule has 4 nitrogen and oxygen atoms in total. The molecule has 16 heavy (non-hydrogen) atoms. The van der Waals surface area contributed by atoms with Crippen LogP contribution in [0.5, 0.6) is 0 Å². The molecule has 0 bridgehead atoms. The fourth-order valence-corrected chi connectivity index (χ4v) is 0.715. The van der Waals surface area contributed by atoms with Crippen molar-refractivity contribution in [2.45, 2.75) is 39.7 Å². The van der Waals surface area contributed by atoms with Gasteiger partial charge in [0.2, 0.25) is 0 Å². The molecule has 0 N–H and O–H groups in total. The molecule has 1 unspecified atom stereocenters. The number of ether oxygens (including phenoxy) is 2. The minimum absolute atomic E-state index is 0.385. The molecule has 0 saturated heterocycles. The van der Waals surface area contributed by atoms with Gasteiger partial charge in [-0.2, -0.15) is 0 Å². The summed E-state index contributed by atoms with van der Waals surface area (Å²) in [4.78, 5) is 22.1. The topological polar surface area (TPSA) is 52.6 Å². The van der Waals surface area contributed by atoms with Gasteiger partial charge in [0.05, 0.1) is 0 Å². The van der Waals surface area contributed by atoms with Crippen molar-refractivity contribution in [3.8, 4) is 23.9 Å². The van der Waals surface area contributed by atoms with E-state index in [0.29, 0.717) is 12.8 Å². The van der Waals surface area contributed by atoms with Crippen LogP contribution < -0.4 is 0 Å². The van der Waals surface area contributed by atoms with Gasteiger partial charge < -0.3 is 9.47 Å². The van der Waals surface area contributed by atoms with Gasteiger partial charge in [-0.25, -0.2) is 9.59 Å². The molecule has 86 valence electrons. The van der Waals surface area contributed by atoms with Gasteiger partial charge in [-0.15, -0.1) is 5.92 Å². The maximum absolute atomic E-state index is 11.1. The molecule has 0 aliphatic carbocycles. The van der Waals surface area contributed by atoms with Gasteiger partial charge >= 0.3 is 11.9 Å². The van der Waals surface area contributed by atoms with E-state index in [4.69, 9.17) is 4.74 Å². The molecule has 0 rings (SSSR count). The van der Waals surface area contributed by atoms with Gasteiger partial charge in [0.15, 0.2) is 0 Å². The highest BCUT2D eigenvalue weighted by molar-refractivity contribution is 6.30. The number of carbonyl (C=O) groups is 2. The number of carbonyl (C=O) groups excluding carboxylic acids is 2. The standard InChI is InChI=1S/C12H14O4/c1-4-6-8-10(3)16-12(14)11(13)15-9-7-5-2/h10H,5,8H2,1-3H3. The van der Waals surface area contributed by atoms with Crippen molar-refractivity contribution in [2.24, 2.45) is 0 Å². The molecule has 0 fully saturated rings. The Hall–Kier alpha value is -1.94. The summed E-state index contributed by atoms with van der Waals surface area (Å²) in [5, 5.41) is 0. The zero-order valence-electron chi connectivity index (χ0n) is 9.62. The zero-order chi connectivity index (χ0) is 12.4. The largest absolute Gasteiger partial charge is 0.453 e. The second kappa shape index (κ2) is 8.38. The molecule has 0 radical (unpaired) electrons. The molecule has 0 aliphatic heterocycles. The maximum Gasteiger partial charge on any atom is 0.431 e. The Labute approximate surface area is 95.3 Å². The van der Waals surface area contributed by atoms with Gasteiger partial charge in [0, 0.05) is 12.8 Å². The lowest BCUT2D eigenvalue weighted by atomic mass is 10.3. The first kappa shape index (κ1) is 14.1. The van der Waals surface area contributed by atoms with Gasteiger partial charge in [-0.05, 0) is 13.8 Å². The van der Waals surface area contributed by atoms with Crippen molar-refractivity contribution in [1.29, 1.82) is 0 Å². The van der Waals surface area contributed by atoms with Crippen LogP contribution in [0.4, 0.5) is 0 Å². The second-order valence-corrected chi connectivity index (χ2v) is 2.87. The normalized spacial score (nSPS) is 9.94. The van der Waals surface area contributed by atoms with Crippen molar-refractivity contribution in [3.63, 3.8) is 0 Å². The van der Waals surface area contributed by atoms with Crippen molar-refractivity contribution in [2.75, 3.05) is 0 Å². The van der Waals surface area contributed by atoms with Crippen LogP contribution in [-0.4, -0.2) is 18.0 Å². The van der Waals surface area contributed by atoms with Crippen molar-refractivity contribution >= 4 is 11.9 Å². The minimum Gasteiger partial charge on any atom is -0.453 e. The highest BCUT2D eigenvalue weighted by Crippen LogP contribution is 1.97. The first-order valence-corrected chi connectivity index (χ1v) is 4.91. The van der Waals surface area contributed by atoms with E-state index in [9.17, 15) is 9.59 Å². The van der Waals surface area contributed by atoms with Crippen LogP contribution in [-0.2, 0) is 19.1 Å². The van der Waals surface area contributed by atoms with Crippen LogP contribution >= 0.6 is 0 Å². The maximum atomic E-state index is 11.1. The summed E-state index contributed by atoms with van der Waals surface area (Å²) in [6.45, 7) is 5.13. The Balaban J connectivity index is 4.03. The predicted octanol–water partition coefficient (Wildman–Crippen LogP) is 1.25. The molecule has 4 heteroatoms.